The topological polar surface area (TPSA) is 17.8 Å². The Balaban J connectivity index is 1.80. The first kappa shape index (κ1) is 14.9. The highest BCUT2D eigenvalue weighted by molar-refractivity contribution is 8.16. The number of benzene rings is 2. The van der Waals surface area contributed by atoms with Gasteiger partial charge in [0.25, 0.3) is 0 Å². The van der Waals surface area contributed by atoms with Crippen LogP contribution in [0.2, 0.25) is 0 Å². The molecule has 2 nitrogen and oxygen atoms in total. The highest BCUT2D eigenvalue weighted by Gasteiger charge is 2.24. The van der Waals surface area contributed by atoms with Crippen molar-refractivity contribution in [2.75, 3.05) is 11.5 Å². The molecule has 0 aliphatic carbocycles. The molecule has 1 aliphatic rings. The molecule has 0 saturated carbocycles. The summed E-state index contributed by atoms with van der Waals surface area (Å²) in [6, 6.07) is 21.0. The van der Waals surface area contributed by atoms with Gasteiger partial charge in [-0.25, -0.2) is 4.68 Å². The molecule has 0 bridgehead atoms. The first-order valence-electron chi connectivity index (χ1n) is 7.85. The average molecular weight is 339 g/mol. The monoisotopic (exact) mass is 338 g/mol. The number of rotatable bonds is 3. The van der Waals surface area contributed by atoms with Gasteiger partial charge in [0, 0.05) is 11.8 Å². The van der Waals surface area contributed by atoms with Crippen LogP contribution in [-0.2, 0) is 0 Å². The SMILES string of the molecule is c1ccc(-c2cn(-c3ccccc3)nc2C2SCCCS2)cc1. The summed E-state index contributed by atoms with van der Waals surface area (Å²) in [4.78, 5) is 0. The molecule has 1 aromatic heterocycles. The van der Waals surface area contributed by atoms with Crippen molar-refractivity contribution in [3.63, 3.8) is 0 Å². The molecule has 2 heterocycles. The second-order valence-corrected chi connectivity index (χ2v) is 8.23. The van der Waals surface area contributed by atoms with Crippen molar-refractivity contribution in [1.29, 1.82) is 0 Å². The quantitative estimate of drug-likeness (QED) is 0.636. The lowest BCUT2D eigenvalue weighted by molar-refractivity contribution is 0.856. The van der Waals surface area contributed by atoms with Crippen LogP contribution >= 0.6 is 23.5 Å². The molecule has 2 aromatic carbocycles. The third-order valence-electron chi connectivity index (χ3n) is 3.90. The number of hydrogen-bond acceptors (Lipinski definition) is 3. The summed E-state index contributed by atoms with van der Waals surface area (Å²) in [5, 5.41) is 4.96. The van der Waals surface area contributed by atoms with Crippen LogP contribution in [-0.4, -0.2) is 21.3 Å². The van der Waals surface area contributed by atoms with Crippen LogP contribution in [0.4, 0.5) is 0 Å². The van der Waals surface area contributed by atoms with E-state index in [1.807, 2.05) is 34.3 Å². The molecule has 4 rings (SSSR count). The van der Waals surface area contributed by atoms with Crippen LogP contribution in [0.5, 0.6) is 0 Å². The normalized spacial score (nSPS) is 15.7. The van der Waals surface area contributed by atoms with Gasteiger partial charge in [-0.1, -0.05) is 48.5 Å². The molecule has 0 spiro atoms. The molecule has 0 N–H and O–H groups in total. The molecule has 0 unspecified atom stereocenters. The smallest absolute Gasteiger partial charge is 0.0946 e. The molecule has 0 atom stereocenters. The van der Waals surface area contributed by atoms with E-state index in [-0.39, 0.29) is 0 Å². The maximum absolute atomic E-state index is 4.96. The van der Waals surface area contributed by atoms with Gasteiger partial charge in [0.05, 0.1) is 16.0 Å². The second-order valence-electron chi connectivity index (χ2n) is 5.50. The molecular formula is C19H18N2S2. The molecule has 0 radical (unpaired) electrons. The minimum absolute atomic E-state index is 0.434. The highest BCUT2D eigenvalue weighted by atomic mass is 32.2. The fourth-order valence-electron chi connectivity index (χ4n) is 2.76. The second kappa shape index (κ2) is 6.85. The van der Waals surface area contributed by atoms with Crippen LogP contribution in [0, 0.1) is 0 Å². The van der Waals surface area contributed by atoms with Gasteiger partial charge in [0.15, 0.2) is 0 Å². The first-order valence-corrected chi connectivity index (χ1v) is 9.95. The van der Waals surface area contributed by atoms with Crippen molar-refractivity contribution in [3.8, 4) is 16.8 Å². The lowest BCUT2D eigenvalue weighted by Gasteiger charge is -2.20. The van der Waals surface area contributed by atoms with Gasteiger partial charge in [0.2, 0.25) is 0 Å². The van der Waals surface area contributed by atoms with E-state index in [1.54, 1.807) is 0 Å². The van der Waals surface area contributed by atoms with E-state index in [0.717, 1.165) is 5.69 Å². The molecule has 1 saturated heterocycles. The minimum atomic E-state index is 0.434. The van der Waals surface area contributed by atoms with Gasteiger partial charge in [-0.3, -0.25) is 0 Å². The molecular weight excluding hydrogens is 320 g/mol. The van der Waals surface area contributed by atoms with Crippen LogP contribution in [0.25, 0.3) is 16.8 Å². The third-order valence-corrected chi connectivity index (χ3v) is 6.82. The van der Waals surface area contributed by atoms with Crippen LogP contribution in [0.3, 0.4) is 0 Å². The van der Waals surface area contributed by atoms with Gasteiger partial charge >= 0.3 is 0 Å². The lowest BCUT2D eigenvalue weighted by Crippen LogP contribution is -2.03. The Kier molecular flexibility index (Phi) is 4.44. The molecule has 116 valence electrons. The maximum atomic E-state index is 4.96. The van der Waals surface area contributed by atoms with Crippen molar-refractivity contribution in [1.82, 2.24) is 9.78 Å². The van der Waals surface area contributed by atoms with Crippen molar-refractivity contribution >= 4 is 23.5 Å². The van der Waals surface area contributed by atoms with E-state index in [1.165, 1.54) is 34.7 Å². The minimum Gasteiger partial charge on any atom is -0.240 e. The van der Waals surface area contributed by atoms with Crippen molar-refractivity contribution in [2.45, 2.75) is 11.0 Å². The van der Waals surface area contributed by atoms with Gasteiger partial charge < -0.3 is 0 Å². The number of hydrogen-bond donors (Lipinski definition) is 0. The Bertz CT molecular complexity index is 763. The summed E-state index contributed by atoms with van der Waals surface area (Å²) < 4.78 is 2.46. The van der Waals surface area contributed by atoms with Gasteiger partial charge in [-0.05, 0) is 35.6 Å². The molecule has 3 aromatic rings. The van der Waals surface area contributed by atoms with E-state index >= 15 is 0 Å². The predicted molar refractivity (Wildman–Crippen MR) is 101 cm³/mol. The highest BCUT2D eigenvalue weighted by Crippen LogP contribution is 2.46. The van der Waals surface area contributed by atoms with Crippen LogP contribution in [0.15, 0.2) is 66.9 Å². The van der Waals surface area contributed by atoms with Crippen LogP contribution < -0.4 is 0 Å². The Labute approximate surface area is 145 Å². The lowest BCUT2D eigenvalue weighted by atomic mass is 10.1. The van der Waals surface area contributed by atoms with Gasteiger partial charge in [0.1, 0.15) is 0 Å². The molecule has 23 heavy (non-hydrogen) atoms. The van der Waals surface area contributed by atoms with Crippen molar-refractivity contribution in [2.24, 2.45) is 0 Å². The number of nitrogens with zero attached hydrogens (tertiary/aromatic N) is 2. The van der Waals surface area contributed by atoms with Crippen molar-refractivity contribution < 1.29 is 0 Å². The first-order chi connectivity index (χ1) is 11.4. The van der Waals surface area contributed by atoms with E-state index in [9.17, 15) is 0 Å². The summed E-state index contributed by atoms with van der Waals surface area (Å²) >= 11 is 4.04. The summed E-state index contributed by atoms with van der Waals surface area (Å²) in [7, 11) is 0. The zero-order chi connectivity index (χ0) is 15.5. The summed E-state index contributed by atoms with van der Waals surface area (Å²) in [5.41, 5.74) is 4.81. The fraction of sp³-hybridized carbons (Fsp3) is 0.211. The van der Waals surface area contributed by atoms with Crippen molar-refractivity contribution in [3.05, 3.63) is 72.6 Å². The Morgan fingerprint density at radius 1 is 0.870 bits per heavy atom. The number of thioether (sulfide) groups is 2. The molecule has 1 aliphatic heterocycles. The van der Waals surface area contributed by atoms with Crippen LogP contribution in [0.1, 0.15) is 16.7 Å². The third kappa shape index (κ3) is 3.19. The Morgan fingerprint density at radius 2 is 1.52 bits per heavy atom. The van der Waals surface area contributed by atoms with E-state index in [0.29, 0.717) is 4.58 Å². The number of para-hydroxylation sites is 1. The van der Waals surface area contributed by atoms with E-state index in [4.69, 9.17) is 5.10 Å². The van der Waals surface area contributed by atoms with Gasteiger partial charge in [-0.15, -0.1) is 23.5 Å². The fourth-order valence-corrected chi connectivity index (χ4v) is 5.62. The van der Waals surface area contributed by atoms with E-state index in [2.05, 4.69) is 60.8 Å². The molecule has 0 amide bonds. The summed E-state index contributed by atoms with van der Waals surface area (Å²) in [6.07, 6.45) is 3.47. The number of aromatic nitrogens is 2. The molecule has 4 heteroatoms. The largest absolute Gasteiger partial charge is 0.240 e. The van der Waals surface area contributed by atoms with Gasteiger partial charge in [-0.2, -0.15) is 5.10 Å². The Hall–Kier alpha value is -1.65. The average Bonchev–Trinajstić information content (AvgIpc) is 3.09. The Morgan fingerprint density at radius 3 is 2.22 bits per heavy atom. The molecule has 1 fully saturated rings. The van der Waals surface area contributed by atoms with E-state index < -0.39 is 0 Å². The zero-order valence-corrected chi connectivity index (χ0v) is 14.4. The summed E-state index contributed by atoms with van der Waals surface area (Å²) in [5.74, 6) is 2.45. The standard InChI is InChI=1S/C19H18N2S2/c1-3-8-15(9-4-1)17-14-21(16-10-5-2-6-11-16)20-18(17)19-22-12-7-13-23-19/h1-6,8-11,14,19H,7,12-13H2. The maximum Gasteiger partial charge on any atom is 0.0946 e. The zero-order valence-electron chi connectivity index (χ0n) is 12.8. The predicted octanol–water partition coefficient (Wildman–Crippen LogP) is 5.41. The summed E-state index contributed by atoms with van der Waals surface area (Å²) in [6.45, 7) is 0.